The average Bonchev–Trinajstić information content (AvgIpc) is 3.13. The number of benzene rings is 2. The molecule has 144 valence electrons. The Morgan fingerprint density at radius 1 is 1.07 bits per heavy atom. The number of carbonyl (C=O) groups is 1. The standard InChI is InChI=1S/C19H20O7S/c1-23-19(20)13-9-16(11-17(10-13)26-15-7-8-24-12-15)25-14-3-5-18(6-4-14)27(2,21)22/h3-6,9-11,15H,7-8,12H2,1-2H3. The third kappa shape index (κ3) is 4.99. The van der Waals surface area contributed by atoms with Crippen molar-refractivity contribution < 1.29 is 32.2 Å². The monoisotopic (exact) mass is 392 g/mol. The predicted molar refractivity (Wildman–Crippen MR) is 97.3 cm³/mol. The molecule has 0 N–H and O–H groups in total. The molecule has 1 fully saturated rings. The van der Waals surface area contributed by atoms with Gasteiger partial charge in [0.2, 0.25) is 0 Å². The third-order valence-electron chi connectivity index (χ3n) is 3.98. The van der Waals surface area contributed by atoms with E-state index in [0.29, 0.717) is 30.5 Å². The first-order valence-electron chi connectivity index (χ1n) is 8.31. The molecule has 0 saturated carbocycles. The second-order valence-corrected chi connectivity index (χ2v) is 8.15. The highest BCUT2D eigenvalue weighted by Gasteiger charge is 2.19. The SMILES string of the molecule is COC(=O)c1cc(Oc2ccc(S(C)(=O)=O)cc2)cc(OC2CCOC2)c1. The lowest BCUT2D eigenvalue weighted by molar-refractivity contribution is 0.0599. The highest BCUT2D eigenvalue weighted by atomic mass is 32.2. The number of rotatable bonds is 6. The lowest BCUT2D eigenvalue weighted by Crippen LogP contribution is -2.16. The highest BCUT2D eigenvalue weighted by molar-refractivity contribution is 7.90. The van der Waals surface area contributed by atoms with Crippen LogP contribution in [0, 0.1) is 0 Å². The van der Waals surface area contributed by atoms with E-state index in [9.17, 15) is 13.2 Å². The Hall–Kier alpha value is -2.58. The van der Waals surface area contributed by atoms with Crippen LogP contribution in [0.3, 0.4) is 0 Å². The van der Waals surface area contributed by atoms with E-state index in [1.807, 2.05) is 0 Å². The van der Waals surface area contributed by atoms with Crippen LogP contribution in [0.1, 0.15) is 16.8 Å². The molecule has 1 saturated heterocycles. The molecule has 3 rings (SSSR count). The lowest BCUT2D eigenvalue weighted by atomic mass is 10.2. The van der Waals surface area contributed by atoms with E-state index in [0.717, 1.165) is 12.7 Å². The topological polar surface area (TPSA) is 88.1 Å². The number of hydrogen-bond donors (Lipinski definition) is 0. The Bertz CT molecular complexity index is 914. The Morgan fingerprint density at radius 3 is 2.37 bits per heavy atom. The molecule has 7 nitrogen and oxygen atoms in total. The number of methoxy groups -OCH3 is 1. The number of esters is 1. The van der Waals surface area contributed by atoms with Crippen molar-refractivity contribution in [1.82, 2.24) is 0 Å². The number of sulfone groups is 1. The Balaban J connectivity index is 1.85. The van der Waals surface area contributed by atoms with Crippen LogP contribution in [0.25, 0.3) is 0 Å². The summed E-state index contributed by atoms with van der Waals surface area (Å²) in [6.45, 7) is 1.13. The Kier molecular flexibility index (Phi) is 5.67. The fourth-order valence-electron chi connectivity index (χ4n) is 2.62. The summed E-state index contributed by atoms with van der Waals surface area (Å²) >= 11 is 0. The molecular weight excluding hydrogens is 372 g/mol. The molecule has 1 heterocycles. The van der Waals surface area contributed by atoms with Crippen molar-refractivity contribution in [2.45, 2.75) is 17.4 Å². The highest BCUT2D eigenvalue weighted by Crippen LogP contribution is 2.30. The fraction of sp³-hybridized carbons (Fsp3) is 0.316. The van der Waals surface area contributed by atoms with Crippen molar-refractivity contribution in [3.63, 3.8) is 0 Å². The maximum Gasteiger partial charge on any atom is 0.338 e. The zero-order valence-corrected chi connectivity index (χ0v) is 15.8. The molecule has 0 aromatic heterocycles. The van der Waals surface area contributed by atoms with Crippen molar-refractivity contribution in [2.24, 2.45) is 0 Å². The summed E-state index contributed by atoms with van der Waals surface area (Å²) in [5, 5.41) is 0. The van der Waals surface area contributed by atoms with Crippen molar-refractivity contribution in [3.05, 3.63) is 48.0 Å². The minimum atomic E-state index is -3.28. The molecule has 0 spiro atoms. The number of hydrogen-bond acceptors (Lipinski definition) is 7. The van der Waals surface area contributed by atoms with Crippen LogP contribution in [0.15, 0.2) is 47.4 Å². The largest absolute Gasteiger partial charge is 0.488 e. The van der Waals surface area contributed by atoms with Gasteiger partial charge in [-0.1, -0.05) is 0 Å². The molecule has 0 aliphatic carbocycles. The van der Waals surface area contributed by atoms with Gasteiger partial charge in [-0.3, -0.25) is 0 Å². The van der Waals surface area contributed by atoms with Gasteiger partial charge in [0, 0.05) is 18.7 Å². The van der Waals surface area contributed by atoms with Crippen molar-refractivity contribution in [3.8, 4) is 17.2 Å². The smallest absolute Gasteiger partial charge is 0.338 e. The molecular formula is C19H20O7S. The van der Waals surface area contributed by atoms with Gasteiger partial charge < -0.3 is 18.9 Å². The van der Waals surface area contributed by atoms with Crippen LogP contribution >= 0.6 is 0 Å². The molecule has 1 atom stereocenters. The van der Waals surface area contributed by atoms with Gasteiger partial charge >= 0.3 is 5.97 Å². The first-order valence-corrected chi connectivity index (χ1v) is 10.2. The van der Waals surface area contributed by atoms with E-state index in [1.54, 1.807) is 24.3 Å². The third-order valence-corrected chi connectivity index (χ3v) is 5.11. The van der Waals surface area contributed by atoms with Crippen LogP contribution in [0.5, 0.6) is 17.2 Å². The van der Waals surface area contributed by atoms with Crippen molar-refractivity contribution >= 4 is 15.8 Å². The molecule has 2 aromatic rings. The predicted octanol–water partition coefficient (Wildman–Crippen LogP) is 2.84. The Labute approximate surface area is 157 Å². The van der Waals surface area contributed by atoms with Crippen LogP contribution in [0.4, 0.5) is 0 Å². The molecule has 1 unspecified atom stereocenters. The fourth-order valence-corrected chi connectivity index (χ4v) is 3.25. The first kappa shape index (κ1) is 19.2. The van der Waals surface area contributed by atoms with Gasteiger partial charge in [-0.15, -0.1) is 0 Å². The molecule has 2 aromatic carbocycles. The van der Waals surface area contributed by atoms with Gasteiger partial charge in [0.05, 0.1) is 30.8 Å². The first-order chi connectivity index (χ1) is 12.8. The van der Waals surface area contributed by atoms with E-state index in [2.05, 4.69) is 0 Å². The van der Waals surface area contributed by atoms with Gasteiger partial charge in [-0.25, -0.2) is 13.2 Å². The minimum absolute atomic E-state index is 0.0835. The summed E-state index contributed by atoms with van der Waals surface area (Å²) in [4.78, 5) is 12.1. The van der Waals surface area contributed by atoms with Gasteiger partial charge in [-0.2, -0.15) is 0 Å². The minimum Gasteiger partial charge on any atom is -0.488 e. The lowest BCUT2D eigenvalue weighted by Gasteiger charge is -2.15. The molecule has 0 bridgehead atoms. The zero-order valence-electron chi connectivity index (χ0n) is 15.0. The molecule has 0 amide bonds. The molecule has 0 radical (unpaired) electrons. The van der Waals surface area contributed by atoms with Crippen molar-refractivity contribution in [1.29, 1.82) is 0 Å². The maximum atomic E-state index is 11.9. The van der Waals surface area contributed by atoms with E-state index in [-0.39, 0.29) is 16.6 Å². The van der Waals surface area contributed by atoms with Gasteiger partial charge in [0.25, 0.3) is 0 Å². The normalized spacial score (nSPS) is 16.7. The molecule has 27 heavy (non-hydrogen) atoms. The summed E-state index contributed by atoms with van der Waals surface area (Å²) in [5.74, 6) is 0.759. The van der Waals surface area contributed by atoms with Crippen LogP contribution < -0.4 is 9.47 Å². The quantitative estimate of drug-likeness (QED) is 0.699. The van der Waals surface area contributed by atoms with E-state index in [4.69, 9.17) is 18.9 Å². The molecule has 1 aliphatic heterocycles. The van der Waals surface area contributed by atoms with Crippen LogP contribution in [-0.4, -0.2) is 47.1 Å². The second-order valence-electron chi connectivity index (χ2n) is 6.13. The van der Waals surface area contributed by atoms with Crippen molar-refractivity contribution in [2.75, 3.05) is 26.6 Å². The van der Waals surface area contributed by atoms with Crippen LogP contribution in [-0.2, 0) is 19.3 Å². The van der Waals surface area contributed by atoms with E-state index < -0.39 is 15.8 Å². The van der Waals surface area contributed by atoms with Gasteiger partial charge in [-0.05, 0) is 36.4 Å². The Morgan fingerprint density at radius 2 is 1.78 bits per heavy atom. The van der Waals surface area contributed by atoms with E-state index >= 15 is 0 Å². The van der Waals surface area contributed by atoms with E-state index in [1.165, 1.54) is 25.3 Å². The van der Waals surface area contributed by atoms with Gasteiger partial charge in [0.15, 0.2) is 9.84 Å². The summed E-state index contributed by atoms with van der Waals surface area (Å²) < 4.78 is 44.8. The summed E-state index contributed by atoms with van der Waals surface area (Å²) in [6, 6.07) is 10.8. The molecule has 8 heteroatoms. The summed E-state index contributed by atoms with van der Waals surface area (Å²) in [6.07, 6.45) is 1.82. The second kappa shape index (κ2) is 7.98. The molecule has 1 aliphatic rings. The number of ether oxygens (including phenoxy) is 4. The zero-order chi connectivity index (χ0) is 19.4. The summed E-state index contributed by atoms with van der Waals surface area (Å²) in [7, 11) is -1.99. The average molecular weight is 392 g/mol. The summed E-state index contributed by atoms with van der Waals surface area (Å²) in [5.41, 5.74) is 0.289. The number of carbonyl (C=O) groups excluding carboxylic acids is 1. The van der Waals surface area contributed by atoms with Crippen LogP contribution in [0.2, 0.25) is 0 Å². The maximum absolute atomic E-state index is 11.9. The van der Waals surface area contributed by atoms with Gasteiger partial charge in [0.1, 0.15) is 23.4 Å².